The molecular weight excluding hydrogens is 369 g/mol. The highest BCUT2D eigenvalue weighted by Gasteiger charge is 2.28. The minimum absolute atomic E-state index is 0.191. The van der Waals surface area contributed by atoms with E-state index in [2.05, 4.69) is 25.4 Å². The lowest BCUT2D eigenvalue weighted by molar-refractivity contribution is 0.0941. The van der Waals surface area contributed by atoms with Crippen molar-refractivity contribution in [1.82, 2.24) is 25.4 Å². The summed E-state index contributed by atoms with van der Waals surface area (Å²) in [4.78, 5) is 19.0. The summed E-state index contributed by atoms with van der Waals surface area (Å²) in [5, 5.41) is 11.0. The Labute approximate surface area is 169 Å². The molecule has 1 fully saturated rings. The number of likely N-dealkylation sites (tertiary alicyclic amines) is 1. The summed E-state index contributed by atoms with van der Waals surface area (Å²) < 4.78 is 13.8. The third kappa shape index (κ3) is 4.62. The van der Waals surface area contributed by atoms with Crippen molar-refractivity contribution in [3.63, 3.8) is 0 Å². The Morgan fingerprint density at radius 2 is 2.21 bits per heavy atom. The first-order valence-electron chi connectivity index (χ1n) is 9.97. The van der Waals surface area contributed by atoms with E-state index in [1.54, 1.807) is 26.2 Å². The van der Waals surface area contributed by atoms with E-state index in [0.29, 0.717) is 24.7 Å². The molecule has 0 bridgehead atoms. The van der Waals surface area contributed by atoms with Gasteiger partial charge in [0.15, 0.2) is 5.69 Å². The molecule has 0 saturated carbocycles. The normalized spacial score (nSPS) is 17.7. The van der Waals surface area contributed by atoms with Crippen molar-refractivity contribution in [2.75, 3.05) is 26.2 Å². The van der Waals surface area contributed by atoms with Gasteiger partial charge in [0.05, 0.1) is 5.52 Å². The van der Waals surface area contributed by atoms with E-state index < -0.39 is 5.67 Å². The first kappa shape index (κ1) is 19.5. The number of H-pyrrole nitrogens is 1. The average Bonchev–Trinajstić information content (AvgIpc) is 3.31. The van der Waals surface area contributed by atoms with Gasteiger partial charge in [0, 0.05) is 43.0 Å². The molecule has 1 atom stereocenters. The van der Waals surface area contributed by atoms with Crippen LogP contribution in [0.3, 0.4) is 0 Å². The van der Waals surface area contributed by atoms with Crippen LogP contribution in [0.5, 0.6) is 0 Å². The van der Waals surface area contributed by atoms with Crippen LogP contribution in [0.4, 0.5) is 4.39 Å². The van der Waals surface area contributed by atoms with E-state index in [-0.39, 0.29) is 5.91 Å². The number of fused-ring (bicyclic) bond motifs is 1. The summed E-state index contributed by atoms with van der Waals surface area (Å²) in [5.41, 5.74) is 1.99. The van der Waals surface area contributed by atoms with E-state index in [1.807, 2.05) is 30.3 Å². The number of amides is 1. The molecule has 0 aliphatic carbocycles. The molecule has 1 amide bonds. The van der Waals surface area contributed by atoms with Crippen molar-refractivity contribution in [3.8, 4) is 11.1 Å². The molecule has 7 heteroatoms. The second-order valence-corrected chi connectivity index (χ2v) is 8.39. The molecule has 0 radical (unpaired) electrons. The average molecular weight is 395 g/mol. The molecule has 1 aromatic carbocycles. The number of hydrogen-bond donors (Lipinski definition) is 2. The maximum Gasteiger partial charge on any atom is 0.272 e. The number of benzene rings is 1. The number of halogens is 1. The number of alkyl halides is 1. The van der Waals surface area contributed by atoms with Gasteiger partial charge >= 0.3 is 0 Å². The Bertz CT molecular complexity index is 995. The van der Waals surface area contributed by atoms with Crippen molar-refractivity contribution in [2.24, 2.45) is 5.92 Å². The lowest BCUT2D eigenvalue weighted by Gasteiger charge is -2.23. The smallest absolute Gasteiger partial charge is 0.272 e. The van der Waals surface area contributed by atoms with Crippen molar-refractivity contribution in [3.05, 3.63) is 48.4 Å². The Morgan fingerprint density at radius 3 is 2.97 bits per heavy atom. The second-order valence-electron chi connectivity index (χ2n) is 8.39. The topological polar surface area (TPSA) is 73.9 Å². The van der Waals surface area contributed by atoms with Gasteiger partial charge < -0.3 is 5.32 Å². The predicted octanol–water partition coefficient (Wildman–Crippen LogP) is 3.42. The summed E-state index contributed by atoms with van der Waals surface area (Å²) >= 11 is 0. The number of rotatable bonds is 6. The van der Waals surface area contributed by atoms with Gasteiger partial charge in [-0.25, -0.2) is 4.39 Å². The van der Waals surface area contributed by atoms with Crippen molar-refractivity contribution < 1.29 is 9.18 Å². The van der Waals surface area contributed by atoms with Crippen LogP contribution in [0.15, 0.2) is 42.7 Å². The van der Waals surface area contributed by atoms with Gasteiger partial charge in [-0.1, -0.05) is 12.1 Å². The lowest BCUT2D eigenvalue weighted by atomic mass is 10.0. The van der Waals surface area contributed by atoms with Gasteiger partial charge in [-0.2, -0.15) is 5.10 Å². The third-order valence-corrected chi connectivity index (χ3v) is 5.29. The van der Waals surface area contributed by atoms with Gasteiger partial charge in [-0.3, -0.25) is 19.8 Å². The zero-order chi connectivity index (χ0) is 20.4. The van der Waals surface area contributed by atoms with Crippen LogP contribution >= 0.6 is 0 Å². The minimum atomic E-state index is -1.20. The fourth-order valence-corrected chi connectivity index (χ4v) is 3.98. The number of nitrogens with one attached hydrogen (secondary N) is 2. The standard InChI is InChI=1S/C22H26FN5O/c1-22(2,23)14-28-9-7-15(13-28)11-25-21(29)20-18-10-16(5-6-19(18)26-27-20)17-4-3-8-24-12-17/h3-6,8,10,12,15H,7,9,11,13-14H2,1-2H3,(H,25,29)(H,26,27). The van der Waals surface area contributed by atoms with Gasteiger partial charge in [0.1, 0.15) is 5.67 Å². The maximum atomic E-state index is 13.8. The fraction of sp³-hybridized carbons (Fsp3) is 0.409. The zero-order valence-corrected chi connectivity index (χ0v) is 16.8. The summed E-state index contributed by atoms with van der Waals surface area (Å²) in [6.07, 6.45) is 4.49. The molecule has 3 heterocycles. The predicted molar refractivity (Wildman–Crippen MR) is 111 cm³/mol. The Balaban J connectivity index is 1.43. The van der Waals surface area contributed by atoms with Crippen LogP contribution in [0, 0.1) is 5.92 Å². The van der Waals surface area contributed by atoms with E-state index in [9.17, 15) is 9.18 Å². The number of pyridine rings is 1. The molecule has 6 nitrogen and oxygen atoms in total. The first-order chi connectivity index (χ1) is 13.9. The number of carbonyl (C=O) groups excluding carboxylic acids is 1. The highest BCUT2D eigenvalue weighted by atomic mass is 19.1. The zero-order valence-electron chi connectivity index (χ0n) is 16.8. The number of nitrogens with zero attached hydrogens (tertiary/aromatic N) is 3. The van der Waals surface area contributed by atoms with E-state index in [4.69, 9.17) is 0 Å². The number of aromatic amines is 1. The largest absolute Gasteiger partial charge is 0.350 e. The molecule has 1 aliphatic heterocycles. The molecule has 1 unspecified atom stereocenters. The Kier molecular flexibility index (Phi) is 5.32. The fourth-order valence-electron chi connectivity index (χ4n) is 3.98. The van der Waals surface area contributed by atoms with Crippen LogP contribution < -0.4 is 5.32 Å². The van der Waals surface area contributed by atoms with Crippen molar-refractivity contribution in [2.45, 2.75) is 25.9 Å². The Morgan fingerprint density at radius 1 is 1.34 bits per heavy atom. The van der Waals surface area contributed by atoms with E-state index in [0.717, 1.165) is 41.5 Å². The molecular formula is C22H26FN5O. The molecule has 29 heavy (non-hydrogen) atoms. The van der Waals surface area contributed by atoms with Gasteiger partial charge in [0.25, 0.3) is 5.91 Å². The quantitative estimate of drug-likeness (QED) is 0.671. The molecule has 1 saturated heterocycles. The molecule has 1 aliphatic rings. The second kappa shape index (κ2) is 7.91. The van der Waals surface area contributed by atoms with Crippen molar-refractivity contribution in [1.29, 1.82) is 0 Å². The summed E-state index contributed by atoms with van der Waals surface area (Å²) in [6, 6.07) is 9.75. The molecule has 4 rings (SSSR count). The van der Waals surface area contributed by atoms with Crippen LogP contribution in [0.1, 0.15) is 30.8 Å². The third-order valence-electron chi connectivity index (χ3n) is 5.29. The van der Waals surface area contributed by atoms with Crippen LogP contribution in [-0.4, -0.2) is 57.8 Å². The molecule has 2 aromatic heterocycles. The molecule has 3 aromatic rings. The highest BCUT2D eigenvalue weighted by Crippen LogP contribution is 2.25. The molecule has 152 valence electrons. The number of aromatic nitrogens is 3. The van der Waals surface area contributed by atoms with Crippen LogP contribution in [-0.2, 0) is 0 Å². The first-order valence-corrected chi connectivity index (χ1v) is 9.97. The molecule has 0 spiro atoms. The van der Waals surface area contributed by atoms with Gasteiger partial charge in [0.2, 0.25) is 0 Å². The highest BCUT2D eigenvalue weighted by molar-refractivity contribution is 6.05. The van der Waals surface area contributed by atoms with Crippen molar-refractivity contribution >= 4 is 16.8 Å². The lowest BCUT2D eigenvalue weighted by Crippen LogP contribution is -2.36. The van der Waals surface area contributed by atoms with Gasteiger partial charge in [-0.15, -0.1) is 0 Å². The number of carbonyl (C=O) groups is 1. The van der Waals surface area contributed by atoms with E-state index >= 15 is 0 Å². The SMILES string of the molecule is CC(C)(F)CN1CCC(CNC(=O)c2n[nH]c3ccc(-c4cccnc4)cc23)C1. The summed E-state index contributed by atoms with van der Waals surface area (Å²) in [7, 11) is 0. The van der Waals surface area contributed by atoms with Gasteiger partial charge in [-0.05, 0) is 56.5 Å². The monoisotopic (exact) mass is 395 g/mol. The summed E-state index contributed by atoms with van der Waals surface area (Å²) in [5.74, 6) is 0.140. The van der Waals surface area contributed by atoms with Crippen LogP contribution in [0.2, 0.25) is 0 Å². The maximum absolute atomic E-state index is 13.8. The minimum Gasteiger partial charge on any atom is -0.350 e. The number of hydrogen-bond acceptors (Lipinski definition) is 4. The summed E-state index contributed by atoms with van der Waals surface area (Å²) in [6.45, 7) is 5.88. The Hall–Kier alpha value is -2.80. The van der Waals surface area contributed by atoms with E-state index in [1.165, 1.54) is 0 Å². The van der Waals surface area contributed by atoms with Crippen LogP contribution in [0.25, 0.3) is 22.0 Å². The molecule has 2 N–H and O–H groups in total.